The molecule has 1 N–H and O–H groups in total. The van der Waals surface area contributed by atoms with Crippen LogP contribution in [0.5, 0.6) is 23.0 Å². The molecular weight excluding hydrogens is 524 g/mol. The van der Waals surface area contributed by atoms with Crippen LogP contribution in [0.1, 0.15) is 32.0 Å². The molecular formula is C24H19ClF4N2O6. The number of hydrogen-bond donors (Lipinski definition) is 1. The molecule has 1 heterocycles. The number of carbonyl (C=O) groups is 2. The van der Waals surface area contributed by atoms with E-state index in [-0.39, 0.29) is 39.2 Å². The minimum atomic E-state index is -4.94. The maximum absolute atomic E-state index is 15.3. The lowest BCUT2D eigenvalue weighted by Gasteiger charge is -2.17. The van der Waals surface area contributed by atoms with Crippen molar-refractivity contribution in [1.29, 1.82) is 0 Å². The highest BCUT2D eigenvalue weighted by Crippen LogP contribution is 2.40. The van der Waals surface area contributed by atoms with Gasteiger partial charge in [0.1, 0.15) is 28.6 Å². The fourth-order valence-corrected chi connectivity index (χ4v) is 3.28. The second kappa shape index (κ2) is 10.9. The summed E-state index contributed by atoms with van der Waals surface area (Å²) in [6.07, 6.45) is -3.62. The van der Waals surface area contributed by atoms with Crippen LogP contribution in [0.2, 0.25) is 5.02 Å². The Morgan fingerprint density at radius 3 is 2.35 bits per heavy atom. The number of esters is 1. The summed E-state index contributed by atoms with van der Waals surface area (Å²) in [5.74, 6) is -4.01. The van der Waals surface area contributed by atoms with Gasteiger partial charge in [-0.25, -0.2) is 14.2 Å². The highest BCUT2D eigenvalue weighted by molar-refractivity contribution is 6.31. The predicted octanol–water partition coefficient (Wildman–Crippen LogP) is 6.23. The smallest absolute Gasteiger partial charge is 0.493 e. The summed E-state index contributed by atoms with van der Waals surface area (Å²) in [4.78, 5) is 28.9. The van der Waals surface area contributed by atoms with E-state index in [0.29, 0.717) is 5.56 Å². The van der Waals surface area contributed by atoms with Crippen molar-refractivity contribution in [2.24, 2.45) is 0 Å². The zero-order chi connectivity index (χ0) is 27.5. The lowest BCUT2D eigenvalue weighted by molar-refractivity contribution is -0.274. The van der Waals surface area contributed by atoms with Gasteiger partial charge in [-0.15, -0.1) is 13.2 Å². The fourth-order valence-electron chi connectivity index (χ4n) is 3.10. The maximum atomic E-state index is 15.3. The number of anilines is 1. The lowest BCUT2D eigenvalue weighted by Crippen LogP contribution is -2.18. The van der Waals surface area contributed by atoms with Crippen molar-refractivity contribution in [3.8, 4) is 23.0 Å². The summed E-state index contributed by atoms with van der Waals surface area (Å²) in [6, 6.07) is 5.37. The number of alkyl halides is 3. The van der Waals surface area contributed by atoms with E-state index in [1.807, 2.05) is 0 Å². The average molecular weight is 543 g/mol. The molecule has 196 valence electrons. The first kappa shape index (κ1) is 27.5. The van der Waals surface area contributed by atoms with E-state index in [4.69, 9.17) is 21.1 Å². The zero-order valence-corrected chi connectivity index (χ0v) is 20.5. The molecule has 0 spiro atoms. The normalized spacial score (nSPS) is 11.1. The van der Waals surface area contributed by atoms with Crippen molar-refractivity contribution in [3.05, 3.63) is 69.8 Å². The Labute approximate surface area is 213 Å². The van der Waals surface area contributed by atoms with Crippen LogP contribution in [-0.4, -0.2) is 37.4 Å². The molecule has 0 bridgehead atoms. The van der Waals surface area contributed by atoms with Crippen LogP contribution in [0.15, 0.2) is 36.5 Å². The van der Waals surface area contributed by atoms with Crippen LogP contribution in [0.4, 0.5) is 23.2 Å². The Bertz CT molecular complexity index is 1360. The number of ether oxygens (including phenoxy) is 4. The van der Waals surface area contributed by atoms with E-state index >= 15 is 4.39 Å². The molecule has 0 radical (unpaired) electrons. The molecule has 3 rings (SSSR count). The van der Waals surface area contributed by atoms with E-state index < -0.39 is 35.4 Å². The summed E-state index contributed by atoms with van der Waals surface area (Å²) in [7, 11) is 2.33. The number of aryl methyl sites for hydroxylation is 1. The van der Waals surface area contributed by atoms with E-state index in [1.165, 1.54) is 32.4 Å². The van der Waals surface area contributed by atoms with E-state index in [2.05, 4.69) is 19.8 Å². The van der Waals surface area contributed by atoms with Gasteiger partial charge in [0.25, 0.3) is 5.91 Å². The molecule has 0 saturated heterocycles. The van der Waals surface area contributed by atoms with Crippen LogP contribution >= 0.6 is 11.6 Å². The van der Waals surface area contributed by atoms with Gasteiger partial charge in [-0.2, -0.15) is 0 Å². The molecule has 3 aromatic rings. The SMILES string of the molecule is COC(=O)c1cc(NC(=O)c2c(Oc3ccc(OC(F)(F)F)cc3OC)cc(Cl)c(C)c2F)c(C)cn1. The Balaban J connectivity index is 2.02. The molecule has 0 aliphatic rings. The zero-order valence-electron chi connectivity index (χ0n) is 19.8. The Hall–Kier alpha value is -4.06. The first-order valence-corrected chi connectivity index (χ1v) is 10.7. The van der Waals surface area contributed by atoms with Gasteiger partial charge in [-0.1, -0.05) is 11.6 Å². The molecule has 13 heteroatoms. The number of nitrogens with zero attached hydrogens (tertiary/aromatic N) is 1. The number of carbonyl (C=O) groups excluding carboxylic acids is 2. The van der Waals surface area contributed by atoms with Crippen molar-refractivity contribution >= 4 is 29.2 Å². The summed E-state index contributed by atoms with van der Waals surface area (Å²) < 4.78 is 72.2. The number of benzene rings is 2. The predicted molar refractivity (Wildman–Crippen MR) is 124 cm³/mol. The second-order valence-corrected chi connectivity index (χ2v) is 7.87. The Morgan fingerprint density at radius 1 is 1.03 bits per heavy atom. The number of halogens is 5. The Morgan fingerprint density at radius 2 is 1.73 bits per heavy atom. The minimum Gasteiger partial charge on any atom is -0.493 e. The lowest BCUT2D eigenvalue weighted by atomic mass is 10.1. The number of hydrogen-bond acceptors (Lipinski definition) is 7. The largest absolute Gasteiger partial charge is 0.573 e. The van der Waals surface area contributed by atoms with Crippen LogP contribution in [-0.2, 0) is 4.74 Å². The molecule has 1 amide bonds. The summed E-state index contributed by atoms with van der Waals surface area (Å²) in [5, 5.41) is 2.42. The van der Waals surface area contributed by atoms with Crippen LogP contribution in [0.3, 0.4) is 0 Å². The third kappa shape index (κ3) is 6.39. The van der Waals surface area contributed by atoms with Crippen molar-refractivity contribution in [2.45, 2.75) is 20.2 Å². The molecule has 0 fully saturated rings. The van der Waals surface area contributed by atoms with Gasteiger partial charge in [0.05, 0.1) is 19.2 Å². The van der Waals surface area contributed by atoms with Crippen LogP contribution < -0.4 is 19.5 Å². The summed E-state index contributed by atoms with van der Waals surface area (Å²) in [5.41, 5.74) is -0.114. The topological polar surface area (TPSA) is 96.0 Å². The van der Waals surface area contributed by atoms with Crippen molar-refractivity contribution < 1.29 is 46.1 Å². The molecule has 0 aliphatic carbocycles. The number of methoxy groups -OCH3 is 2. The van der Waals surface area contributed by atoms with Crippen molar-refractivity contribution in [3.63, 3.8) is 0 Å². The number of rotatable bonds is 7. The number of amides is 1. The van der Waals surface area contributed by atoms with Crippen LogP contribution in [0, 0.1) is 19.7 Å². The number of aromatic nitrogens is 1. The molecule has 8 nitrogen and oxygen atoms in total. The second-order valence-electron chi connectivity index (χ2n) is 7.46. The molecule has 0 aliphatic heterocycles. The number of nitrogens with one attached hydrogen (secondary N) is 1. The van der Waals surface area contributed by atoms with E-state index in [1.54, 1.807) is 6.92 Å². The highest BCUT2D eigenvalue weighted by atomic mass is 35.5. The van der Waals surface area contributed by atoms with Gasteiger partial charge >= 0.3 is 12.3 Å². The molecule has 2 aromatic carbocycles. The summed E-state index contributed by atoms with van der Waals surface area (Å²) in [6.45, 7) is 2.94. The van der Waals surface area contributed by atoms with Crippen LogP contribution in [0.25, 0.3) is 0 Å². The van der Waals surface area contributed by atoms with Gasteiger partial charge in [0, 0.05) is 29.6 Å². The average Bonchev–Trinajstić information content (AvgIpc) is 2.83. The highest BCUT2D eigenvalue weighted by Gasteiger charge is 2.32. The molecule has 0 saturated carbocycles. The first-order chi connectivity index (χ1) is 17.3. The maximum Gasteiger partial charge on any atom is 0.573 e. The van der Waals surface area contributed by atoms with Gasteiger partial charge in [-0.3, -0.25) is 4.79 Å². The number of pyridine rings is 1. The third-order valence-electron chi connectivity index (χ3n) is 4.97. The van der Waals surface area contributed by atoms with E-state index in [9.17, 15) is 22.8 Å². The molecule has 37 heavy (non-hydrogen) atoms. The minimum absolute atomic E-state index is 0.0539. The van der Waals surface area contributed by atoms with Gasteiger partial charge < -0.3 is 24.3 Å². The fraction of sp³-hybridized carbons (Fsp3) is 0.208. The van der Waals surface area contributed by atoms with Crippen molar-refractivity contribution in [1.82, 2.24) is 4.98 Å². The standard InChI is InChI=1S/C24H19ClF4N2O6/c1-11-10-30-16(23(33)35-4)9-15(11)31-22(32)20-19(8-14(25)12(2)21(20)26)36-17-6-5-13(7-18(17)34-3)37-24(27,28)29/h5-10H,1-4H3,(H,30,31,32). The molecule has 1 aromatic heterocycles. The Kier molecular flexibility index (Phi) is 8.12. The van der Waals surface area contributed by atoms with Gasteiger partial charge in [-0.05, 0) is 37.6 Å². The van der Waals surface area contributed by atoms with Gasteiger partial charge in [0.2, 0.25) is 0 Å². The van der Waals surface area contributed by atoms with Crippen molar-refractivity contribution in [2.75, 3.05) is 19.5 Å². The third-order valence-corrected chi connectivity index (χ3v) is 5.37. The molecule has 0 atom stereocenters. The quantitative estimate of drug-likeness (QED) is 0.279. The summed E-state index contributed by atoms with van der Waals surface area (Å²) >= 11 is 6.10. The van der Waals surface area contributed by atoms with Gasteiger partial charge in [0.15, 0.2) is 11.5 Å². The molecule has 0 unspecified atom stereocenters. The monoisotopic (exact) mass is 542 g/mol. The van der Waals surface area contributed by atoms with E-state index in [0.717, 1.165) is 25.3 Å². The first-order valence-electron chi connectivity index (χ1n) is 10.3.